The summed E-state index contributed by atoms with van der Waals surface area (Å²) >= 11 is 0. The highest BCUT2D eigenvalue weighted by Gasteiger charge is 2.27. The second-order valence-electron chi connectivity index (χ2n) is 11.7. The van der Waals surface area contributed by atoms with Crippen molar-refractivity contribution >= 4 is 46.8 Å². The lowest BCUT2D eigenvalue weighted by Crippen LogP contribution is -2.43. The number of rotatable bonds is 17. The van der Waals surface area contributed by atoms with Gasteiger partial charge >= 0.3 is 18.0 Å². The summed E-state index contributed by atoms with van der Waals surface area (Å²) in [5, 5.41) is 40.4. The van der Waals surface area contributed by atoms with E-state index in [1.165, 1.54) is 36.4 Å². The molecule has 4 amide bonds. The largest absolute Gasteiger partial charge is 0.480 e. The third-order valence-electron chi connectivity index (χ3n) is 7.30. The number of carbonyl (C=O) groups excluding carboxylic acids is 3. The maximum atomic E-state index is 13.4. The van der Waals surface area contributed by atoms with Crippen molar-refractivity contribution in [3.8, 4) is 0 Å². The Kier molecular flexibility index (Phi) is 14.0. The zero-order valence-electron chi connectivity index (χ0n) is 27.0. The summed E-state index contributed by atoms with van der Waals surface area (Å²) in [6.45, 7) is 3.85. The first kappa shape index (κ1) is 37.4. The highest BCUT2D eigenvalue weighted by atomic mass is 16.6. The standard InChI is InChI=1S/C35H39N5O9/c1-22(2)20-28(24-12-14-25(15-13-24)36-35(47)37-26-16-18-27(19-17-26)40(48)49)32(42)39-30(34(45)46)11-7-6-10-29(33(43)44)38-31(41)21-23-8-4-3-5-9-23/h3-9,12-19,22,28-30H,10-11,20-21H2,1-2H3,(H,38,41)(H,39,42)(H,43,44)(H,45,46)(H2,36,37,47). The molecule has 258 valence electrons. The number of nitro benzene ring substituents is 1. The third kappa shape index (κ3) is 12.6. The summed E-state index contributed by atoms with van der Waals surface area (Å²) in [6.07, 6.45) is 3.13. The normalized spacial score (nSPS) is 12.8. The molecule has 0 aliphatic carbocycles. The predicted octanol–water partition coefficient (Wildman–Crippen LogP) is 5.09. The van der Waals surface area contributed by atoms with Crippen LogP contribution in [0.4, 0.5) is 21.9 Å². The number of nitrogens with one attached hydrogen (secondary N) is 4. The van der Waals surface area contributed by atoms with Gasteiger partial charge in [0.2, 0.25) is 11.8 Å². The zero-order valence-corrected chi connectivity index (χ0v) is 27.0. The molecule has 0 aliphatic heterocycles. The minimum atomic E-state index is -1.29. The number of carbonyl (C=O) groups is 5. The van der Waals surface area contributed by atoms with Crippen LogP contribution in [-0.4, -0.2) is 57.0 Å². The molecular weight excluding hydrogens is 634 g/mol. The maximum Gasteiger partial charge on any atom is 0.326 e. The fraction of sp³-hybridized carbons (Fsp3) is 0.286. The van der Waals surface area contributed by atoms with Crippen molar-refractivity contribution in [1.29, 1.82) is 0 Å². The van der Waals surface area contributed by atoms with Crippen LogP contribution in [0, 0.1) is 16.0 Å². The summed E-state index contributed by atoms with van der Waals surface area (Å²) in [5.74, 6) is -4.11. The van der Waals surface area contributed by atoms with Gasteiger partial charge in [0.1, 0.15) is 12.1 Å². The van der Waals surface area contributed by atoms with Gasteiger partial charge in [-0.25, -0.2) is 14.4 Å². The van der Waals surface area contributed by atoms with E-state index >= 15 is 0 Å². The molecule has 0 radical (unpaired) electrons. The lowest BCUT2D eigenvalue weighted by molar-refractivity contribution is -0.384. The van der Waals surface area contributed by atoms with Crippen LogP contribution in [0.2, 0.25) is 0 Å². The third-order valence-corrected chi connectivity index (χ3v) is 7.30. The van der Waals surface area contributed by atoms with Gasteiger partial charge in [-0.1, -0.05) is 68.5 Å². The fourth-order valence-electron chi connectivity index (χ4n) is 4.83. The van der Waals surface area contributed by atoms with Gasteiger partial charge in [0, 0.05) is 23.5 Å². The van der Waals surface area contributed by atoms with E-state index in [1.54, 1.807) is 54.6 Å². The van der Waals surface area contributed by atoms with E-state index in [9.17, 15) is 44.3 Å². The number of nitrogens with zero attached hydrogens (tertiary/aromatic N) is 1. The molecule has 6 N–H and O–H groups in total. The second kappa shape index (κ2) is 18.3. The van der Waals surface area contributed by atoms with Gasteiger partial charge in [0.25, 0.3) is 5.69 Å². The van der Waals surface area contributed by atoms with Crippen molar-refractivity contribution in [1.82, 2.24) is 10.6 Å². The van der Waals surface area contributed by atoms with E-state index < -0.39 is 52.7 Å². The number of amides is 4. The van der Waals surface area contributed by atoms with E-state index in [1.807, 2.05) is 13.8 Å². The molecule has 3 atom stereocenters. The molecule has 0 fully saturated rings. The molecular formula is C35H39N5O9. The van der Waals surface area contributed by atoms with Gasteiger partial charge in [0.15, 0.2) is 0 Å². The Morgan fingerprint density at radius 3 is 1.76 bits per heavy atom. The monoisotopic (exact) mass is 673 g/mol. The number of anilines is 2. The highest BCUT2D eigenvalue weighted by molar-refractivity contribution is 5.99. The predicted molar refractivity (Wildman–Crippen MR) is 182 cm³/mol. The summed E-state index contributed by atoms with van der Waals surface area (Å²) in [5.41, 5.74) is 1.98. The molecule has 0 aliphatic rings. The summed E-state index contributed by atoms with van der Waals surface area (Å²) in [6, 6.07) is 17.6. The van der Waals surface area contributed by atoms with Crippen molar-refractivity contribution in [2.75, 3.05) is 10.6 Å². The SMILES string of the molecule is CC(C)CC(C(=O)NC(CC=CCC(NC(=O)Cc1ccccc1)C(=O)O)C(=O)O)c1ccc(NC(=O)Nc2ccc([N+](=O)[O-])cc2)cc1. The van der Waals surface area contributed by atoms with Crippen LogP contribution in [0.3, 0.4) is 0 Å². The quantitative estimate of drug-likeness (QED) is 0.0638. The van der Waals surface area contributed by atoms with E-state index in [0.29, 0.717) is 23.4 Å². The topological polar surface area (TPSA) is 217 Å². The van der Waals surface area contributed by atoms with E-state index in [4.69, 9.17) is 0 Å². The first-order chi connectivity index (χ1) is 23.3. The Morgan fingerprint density at radius 2 is 1.27 bits per heavy atom. The van der Waals surface area contributed by atoms with Crippen LogP contribution in [0.5, 0.6) is 0 Å². The van der Waals surface area contributed by atoms with Crippen molar-refractivity contribution in [3.05, 3.63) is 112 Å². The summed E-state index contributed by atoms with van der Waals surface area (Å²) in [4.78, 5) is 72.1. The molecule has 0 bridgehead atoms. The molecule has 14 nitrogen and oxygen atoms in total. The first-order valence-electron chi connectivity index (χ1n) is 15.5. The molecule has 3 unspecified atom stereocenters. The summed E-state index contributed by atoms with van der Waals surface area (Å²) < 4.78 is 0. The Bertz CT molecular complexity index is 1640. The molecule has 0 spiro atoms. The Labute approximate surface area is 282 Å². The van der Waals surface area contributed by atoms with Gasteiger partial charge < -0.3 is 31.5 Å². The molecule has 0 heterocycles. The number of carboxylic acids is 2. The fourth-order valence-corrected chi connectivity index (χ4v) is 4.83. The van der Waals surface area contributed by atoms with Gasteiger partial charge in [0.05, 0.1) is 17.3 Å². The van der Waals surface area contributed by atoms with Crippen molar-refractivity contribution in [2.45, 2.75) is 57.5 Å². The zero-order chi connectivity index (χ0) is 35.9. The molecule has 0 saturated heterocycles. The average molecular weight is 674 g/mol. The van der Waals surface area contributed by atoms with Gasteiger partial charge in [-0.3, -0.25) is 19.7 Å². The number of hydrogen-bond acceptors (Lipinski definition) is 7. The second-order valence-corrected chi connectivity index (χ2v) is 11.7. The number of hydrogen-bond donors (Lipinski definition) is 6. The molecule has 49 heavy (non-hydrogen) atoms. The van der Waals surface area contributed by atoms with Gasteiger partial charge in [-0.2, -0.15) is 0 Å². The summed E-state index contributed by atoms with van der Waals surface area (Å²) in [7, 11) is 0. The molecule has 14 heteroatoms. The van der Waals surface area contributed by atoms with Crippen LogP contribution in [0.15, 0.2) is 91.0 Å². The lowest BCUT2D eigenvalue weighted by Gasteiger charge is -2.22. The van der Waals surface area contributed by atoms with Gasteiger partial charge in [-0.15, -0.1) is 0 Å². The number of non-ortho nitro benzene ring substituents is 1. The van der Waals surface area contributed by atoms with E-state index in [-0.39, 0.29) is 30.9 Å². The van der Waals surface area contributed by atoms with Crippen LogP contribution < -0.4 is 21.3 Å². The van der Waals surface area contributed by atoms with Crippen molar-refractivity contribution < 1.29 is 39.1 Å². The molecule has 3 aromatic carbocycles. The Morgan fingerprint density at radius 1 is 0.755 bits per heavy atom. The number of urea groups is 1. The molecule has 3 rings (SSSR count). The van der Waals surface area contributed by atoms with Crippen molar-refractivity contribution in [2.24, 2.45) is 5.92 Å². The number of carboxylic acid groups (broad SMARTS) is 2. The van der Waals surface area contributed by atoms with Crippen LogP contribution >= 0.6 is 0 Å². The highest BCUT2D eigenvalue weighted by Crippen LogP contribution is 2.26. The molecule has 0 aromatic heterocycles. The minimum Gasteiger partial charge on any atom is -0.480 e. The average Bonchev–Trinajstić information content (AvgIpc) is 3.05. The number of benzene rings is 3. The molecule has 3 aromatic rings. The first-order valence-corrected chi connectivity index (χ1v) is 15.5. The Balaban J connectivity index is 1.59. The van der Waals surface area contributed by atoms with Crippen molar-refractivity contribution in [3.63, 3.8) is 0 Å². The number of nitro groups is 1. The van der Waals surface area contributed by atoms with E-state index in [0.717, 1.165) is 5.56 Å². The van der Waals surface area contributed by atoms with Crippen LogP contribution in [-0.2, 0) is 25.6 Å². The van der Waals surface area contributed by atoms with Crippen LogP contribution in [0.1, 0.15) is 50.2 Å². The number of aliphatic carboxylic acids is 2. The lowest BCUT2D eigenvalue weighted by atomic mass is 9.89. The Hall–Kier alpha value is -6.05. The minimum absolute atomic E-state index is 0.0118. The smallest absolute Gasteiger partial charge is 0.326 e. The maximum absolute atomic E-state index is 13.4. The molecule has 0 saturated carbocycles. The van der Waals surface area contributed by atoms with Gasteiger partial charge in [-0.05, 0) is 60.6 Å². The van der Waals surface area contributed by atoms with E-state index in [2.05, 4.69) is 21.3 Å². The van der Waals surface area contributed by atoms with Crippen LogP contribution in [0.25, 0.3) is 0 Å².